The maximum absolute atomic E-state index is 12.4. The summed E-state index contributed by atoms with van der Waals surface area (Å²) < 4.78 is 7.26. The lowest BCUT2D eigenvalue weighted by Crippen LogP contribution is -2.45. The Morgan fingerprint density at radius 3 is 2.95 bits per heavy atom. The highest BCUT2D eigenvalue weighted by atomic mass is 16.5. The van der Waals surface area contributed by atoms with Gasteiger partial charge in [0.2, 0.25) is 0 Å². The van der Waals surface area contributed by atoms with Crippen LogP contribution in [0.3, 0.4) is 0 Å². The zero-order valence-electron chi connectivity index (χ0n) is 12.0. The van der Waals surface area contributed by atoms with E-state index in [4.69, 9.17) is 4.74 Å². The van der Waals surface area contributed by atoms with Gasteiger partial charge in [-0.3, -0.25) is 9.59 Å². The first-order valence-corrected chi connectivity index (χ1v) is 7.29. The van der Waals surface area contributed by atoms with E-state index in [-0.39, 0.29) is 12.5 Å². The van der Waals surface area contributed by atoms with Crippen molar-refractivity contribution in [1.29, 1.82) is 0 Å². The molecule has 1 aromatic heterocycles. The number of aromatic nitrogens is 2. The van der Waals surface area contributed by atoms with Crippen molar-refractivity contribution in [3.8, 4) is 0 Å². The van der Waals surface area contributed by atoms with E-state index >= 15 is 0 Å². The fraction of sp³-hybridized carbons (Fsp3) is 0.643. The van der Waals surface area contributed by atoms with E-state index in [9.17, 15) is 14.7 Å². The molecule has 7 nitrogen and oxygen atoms in total. The predicted octanol–water partition coefficient (Wildman–Crippen LogP) is 0.592. The van der Waals surface area contributed by atoms with E-state index in [0.29, 0.717) is 31.8 Å². The molecule has 2 aliphatic rings. The monoisotopic (exact) mass is 293 g/mol. The van der Waals surface area contributed by atoms with E-state index in [0.717, 1.165) is 12.1 Å². The van der Waals surface area contributed by atoms with Gasteiger partial charge in [0, 0.05) is 19.7 Å². The molecule has 1 saturated heterocycles. The van der Waals surface area contributed by atoms with Crippen LogP contribution in [0.15, 0.2) is 6.33 Å². The number of hydrogen-bond donors (Lipinski definition) is 1. The number of carboxylic acid groups (broad SMARTS) is 1. The lowest BCUT2D eigenvalue weighted by molar-refractivity contribution is -0.145. The third-order valence-corrected chi connectivity index (χ3v) is 4.19. The van der Waals surface area contributed by atoms with Crippen LogP contribution in [0.25, 0.3) is 0 Å². The molecule has 1 N–H and O–H groups in total. The molecule has 0 unspecified atom stereocenters. The summed E-state index contributed by atoms with van der Waals surface area (Å²) in [6.07, 6.45) is 2.82. The van der Waals surface area contributed by atoms with Gasteiger partial charge < -0.3 is 19.3 Å². The number of nitrogens with zero attached hydrogens (tertiary/aromatic N) is 3. The van der Waals surface area contributed by atoms with Gasteiger partial charge in [-0.1, -0.05) is 0 Å². The summed E-state index contributed by atoms with van der Waals surface area (Å²) in [5.41, 5.74) is 1.41. The maximum atomic E-state index is 12.4. The van der Waals surface area contributed by atoms with Crippen molar-refractivity contribution >= 4 is 11.9 Å². The first kappa shape index (κ1) is 14.1. The zero-order chi connectivity index (χ0) is 15.0. The number of ether oxygens (including phenoxy) is 1. The molecule has 0 saturated carbocycles. The molecule has 1 fully saturated rings. The largest absolute Gasteiger partial charge is 0.481 e. The van der Waals surface area contributed by atoms with Gasteiger partial charge >= 0.3 is 5.97 Å². The van der Waals surface area contributed by atoms with Crippen molar-refractivity contribution < 1.29 is 19.4 Å². The topological polar surface area (TPSA) is 84.7 Å². The number of hydrogen-bond acceptors (Lipinski definition) is 4. The summed E-state index contributed by atoms with van der Waals surface area (Å²) in [6.45, 7) is 3.77. The number of carboxylic acids is 1. The second-order valence-corrected chi connectivity index (χ2v) is 5.47. The molecule has 1 aromatic rings. The minimum absolute atomic E-state index is 0.115. The molecule has 0 radical (unpaired) electrons. The van der Waals surface area contributed by atoms with E-state index in [1.54, 1.807) is 11.2 Å². The predicted molar refractivity (Wildman–Crippen MR) is 72.7 cm³/mol. The third-order valence-electron chi connectivity index (χ3n) is 4.19. The van der Waals surface area contributed by atoms with Gasteiger partial charge in [-0.25, -0.2) is 4.98 Å². The standard InChI is InChI=1S/C14H19N3O4/c1-2-16-8-15-10-7-17(6-9(12(10)16)14(19)20)13(18)11-4-3-5-21-11/h8-9,11H,2-7H2,1H3,(H,19,20)/t9-,11+/m0/s1. The lowest BCUT2D eigenvalue weighted by atomic mass is 9.97. The van der Waals surface area contributed by atoms with E-state index in [2.05, 4.69) is 4.98 Å². The number of carbonyl (C=O) groups is 2. The van der Waals surface area contributed by atoms with Crippen LogP contribution < -0.4 is 0 Å². The number of carbonyl (C=O) groups excluding carboxylic acids is 1. The summed E-state index contributed by atoms with van der Waals surface area (Å²) in [7, 11) is 0. The van der Waals surface area contributed by atoms with Gasteiger partial charge in [-0.05, 0) is 19.8 Å². The van der Waals surface area contributed by atoms with Gasteiger partial charge in [0.25, 0.3) is 5.91 Å². The van der Waals surface area contributed by atoms with Gasteiger partial charge in [0.15, 0.2) is 0 Å². The van der Waals surface area contributed by atoms with Crippen LogP contribution in [-0.4, -0.2) is 50.7 Å². The number of imidazole rings is 1. The van der Waals surface area contributed by atoms with Crippen LogP contribution in [0, 0.1) is 0 Å². The Kier molecular flexibility index (Phi) is 3.67. The highest BCUT2D eigenvalue weighted by molar-refractivity contribution is 5.83. The minimum Gasteiger partial charge on any atom is -0.481 e. The second-order valence-electron chi connectivity index (χ2n) is 5.47. The molecule has 1 amide bonds. The Bertz CT molecular complexity index is 563. The van der Waals surface area contributed by atoms with Crippen molar-refractivity contribution in [2.45, 2.75) is 44.9 Å². The summed E-state index contributed by atoms with van der Waals surface area (Å²) in [6, 6.07) is 0. The SMILES string of the molecule is CCn1cnc2c1[C@@H](C(=O)O)CN(C(=O)[C@H]1CCCO1)C2. The fourth-order valence-corrected chi connectivity index (χ4v) is 3.10. The van der Waals surface area contributed by atoms with Crippen LogP contribution in [0.5, 0.6) is 0 Å². The van der Waals surface area contributed by atoms with E-state index in [1.165, 1.54) is 0 Å². The van der Waals surface area contributed by atoms with Gasteiger partial charge in [-0.2, -0.15) is 0 Å². The first-order valence-electron chi connectivity index (χ1n) is 7.29. The summed E-state index contributed by atoms with van der Waals surface area (Å²) in [5, 5.41) is 9.48. The average molecular weight is 293 g/mol. The molecular weight excluding hydrogens is 274 g/mol. The molecule has 7 heteroatoms. The molecule has 3 heterocycles. The lowest BCUT2D eigenvalue weighted by Gasteiger charge is -2.32. The Balaban J connectivity index is 1.87. The van der Waals surface area contributed by atoms with Crippen molar-refractivity contribution in [3.05, 3.63) is 17.7 Å². The molecule has 0 bridgehead atoms. The molecular formula is C14H19N3O4. The van der Waals surface area contributed by atoms with Crippen molar-refractivity contribution in [3.63, 3.8) is 0 Å². The third kappa shape index (κ3) is 2.42. The van der Waals surface area contributed by atoms with Crippen LogP contribution in [0.2, 0.25) is 0 Å². The zero-order valence-corrected chi connectivity index (χ0v) is 12.0. The van der Waals surface area contributed by atoms with Crippen molar-refractivity contribution in [1.82, 2.24) is 14.5 Å². The smallest absolute Gasteiger partial charge is 0.314 e. The molecule has 2 atom stereocenters. The van der Waals surface area contributed by atoms with Crippen LogP contribution >= 0.6 is 0 Å². The Labute approximate surface area is 122 Å². The summed E-state index contributed by atoms with van der Waals surface area (Å²) >= 11 is 0. The van der Waals surface area contributed by atoms with Gasteiger partial charge in [-0.15, -0.1) is 0 Å². The highest BCUT2D eigenvalue weighted by Gasteiger charge is 2.38. The quantitative estimate of drug-likeness (QED) is 0.882. The van der Waals surface area contributed by atoms with Crippen molar-refractivity contribution in [2.75, 3.05) is 13.2 Å². The number of amides is 1. The average Bonchev–Trinajstić information content (AvgIpc) is 3.14. The first-order chi connectivity index (χ1) is 10.1. The van der Waals surface area contributed by atoms with Gasteiger partial charge in [0.05, 0.1) is 24.3 Å². The van der Waals surface area contributed by atoms with E-state index in [1.807, 2.05) is 11.5 Å². The Hall–Kier alpha value is -1.89. The van der Waals surface area contributed by atoms with Crippen molar-refractivity contribution in [2.24, 2.45) is 0 Å². The van der Waals surface area contributed by atoms with Crippen LogP contribution in [0.4, 0.5) is 0 Å². The molecule has 2 aliphatic heterocycles. The second kappa shape index (κ2) is 5.48. The highest BCUT2D eigenvalue weighted by Crippen LogP contribution is 2.29. The summed E-state index contributed by atoms with van der Waals surface area (Å²) in [4.78, 5) is 29.8. The van der Waals surface area contributed by atoms with Gasteiger partial charge in [0.1, 0.15) is 12.0 Å². The molecule has 3 rings (SSSR count). The molecule has 0 aromatic carbocycles. The van der Waals surface area contributed by atoms with E-state index < -0.39 is 18.0 Å². The molecule has 0 spiro atoms. The maximum Gasteiger partial charge on any atom is 0.314 e. The molecule has 0 aliphatic carbocycles. The number of aliphatic carboxylic acids is 1. The van der Waals surface area contributed by atoms with Crippen LogP contribution in [0.1, 0.15) is 37.1 Å². The Morgan fingerprint density at radius 1 is 1.52 bits per heavy atom. The number of fused-ring (bicyclic) bond motifs is 1. The number of rotatable bonds is 3. The molecule has 21 heavy (non-hydrogen) atoms. The summed E-state index contributed by atoms with van der Waals surface area (Å²) in [5.74, 6) is -1.76. The normalized spacial score (nSPS) is 24.9. The number of aryl methyl sites for hydroxylation is 1. The fourth-order valence-electron chi connectivity index (χ4n) is 3.10. The Morgan fingerprint density at radius 2 is 2.33 bits per heavy atom. The minimum atomic E-state index is -0.920. The molecule has 114 valence electrons. The van der Waals surface area contributed by atoms with Crippen LogP contribution in [-0.2, 0) is 27.4 Å².